The van der Waals surface area contributed by atoms with Crippen molar-refractivity contribution < 1.29 is 18.0 Å². The molecule has 1 heterocycles. The summed E-state index contributed by atoms with van der Waals surface area (Å²) in [6.45, 7) is 8.61. The summed E-state index contributed by atoms with van der Waals surface area (Å²) in [5.41, 5.74) is 5.84. The average molecular weight is 512 g/mol. The van der Waals surface area contributed by atoms with Crippen LogP contribution in [-0.4, -0.2) is 57.8 Å². The first-order valence-electron chi connectivity index (χ1n) is 12.4. The Morgan fingerprint density at radius 2 is 1.81 bits per heavy atom. The van der Waals surface area contributed by atoms with Gasteiger partial charge in [0.15, 0.2) is 9.84 Å². The van der Waals surface area contributed by atoms with Crippen LogP contribution in [0.4, 0.5) is 0 Å². The molecule has 36 heavy (non-hydrogen) atoms. The molecule has 0 radical (unpaired) electrons. The van der Waals surface area contributed by atoms with Gasteiger partial charge in [-0.05, 0) is 48.6 Å². The molecule has 2 aromatic carbocycles. The van der Waals surface area contributed by atoms with Gasteiger partial charge in [-0.2, -0.15) is 0 Å². The molecule has 0 aliphatic carbocycles. The van der Waals surface area contributed by atoms with E-state index in [4.69, 9.17) is 4.84 Å². The normalized spacial score (nSPS) is 16.3. The molecular weight excluding hydrogens is 474 g/mol. The third-order valence-electron chi connectivity index (χ3n) is 6.39. The lowest BCUT2D eigenvalue weighted by Gasteiger charge is -2.32. The predicted octanol–water partition coefficient (Wildman–Crippen LogP) is 3.91. The number of rotatable bonds is 12. The summed E-state index contributed by atoms with van der Waals surface area (Å²) in [5, 5.41) is 3.22. The number of carbonyl (C=O) groups is 1. The van der Waals surface area contributed by atoms with Crippen molar-refractivity contribution in [2.24, 2.45) is 0 Å². The number of nitrogens with zero attached hydrogens (tertiary/aromatic N) is 1. The third-order valence-corrected chi connectivity index (χ3v) is 7.52. The highest BCUT2D eigenvalue weighted by molar-refractivity contribution is 7.90. The minimum atomic E-state index is -3.26. The zero-order valence-corrected chi connectivity index (χ0v) is 22.0. The van der Waals surface area contributed by atoms with E-state index in [1.54, 1.807) is 30.3 Å². The molecule has 1 fully saturated rings. The predicted molar refractivity (Wildman–Crippen MR) is 144 cm³/mol. The largest absolute Gasteiger partial charge is 0.353 e. The van der Waals surface area contributed by atoms with Crippen LogP contribution < -0.4 is 10.8 Å². The molecule has 1 unspecified atom stereocenters. The second-order valence-corrected chi connectivity index (χ2v) is 11.1. The van der Waals surface area contributed by atoms with Crippen molar-refractivity contribution in [1.82, 2.24) is 15.7 Å². The van der Waals surface area contributed by atoms with Crippen LogP contribution in [0.1, 0.15) is 43.2 Å². The van der Waals surface area contributed by atoms with Gasteiger partial charge < -0.3 is 5.32 Å². The maximum absolute atomic E-state index is 13.0. The van der Waals surface area contributed by atoms with Crippen molar-refractivity contribution in [3.63, 3.8) is 0 Å². The number of nitrogens with one attached hydrogen (secondary N) is 2. The number of benzene rings is 2. The number of sulfone groups is 1. The molecule has 3 rings (SSSR count). The molecule has 7 nitrogen and oxygen atoms in total. The van der Waals surface area contributed by atoms with Gasteiger partial charge in [0.1, 0.15) is 0 Å². The second kappa shape index (κ2) is 13.4. The van der Waals surface area contributed by atoms with Crippen LogP contribution in [0, 0.1) is 0 Å². The zero-order chi connectivity index (χ0) is 26.0. The second-order valence-electron chi connectivity index (χ2n) is 9.07. The molecule has 0 saturated carbocycles. The quantitative estimate of drug-likeness (QED) is 0.255. The number of hydrogen-bond acceptors (Lipinski definition) is 6. The van der Waals surface area contributed by atoms with Crippen LogP contribution in [0.2, 0.25) is 0 Å². The van der Waals surface area contributed by atoms with E-state index < -0.39 is 9.84 Å². The van der Waals surface area contributed by atoms with E-state index >= 15 is 0 Å². The lowest BCUT2D eigenvalue weighted by atomic mass is 9.94. The summed E-state index contributed by atoms with van der Waals surface area (Å²) in [7, 11) is -3.26. The van der Waals surface area contributed by atoms with E-state index in [0.29, 0.717) is 13.0 Å². The summed E-state index contributed by atoms with van der Waals surface area (Å²) in [5.74, 6) is -0.299. The van der Waals surface area contributed by atoms with E-state index in [1.165, 1.54) is 6.26 Å². The fourth-order valence-corrected chi connectivity index (χ4v) is 4.95. The lowest BCUT2D eigenvalue weighted by Crippen LogP contribution is -2.46. The Morgan fingerprint density at radius 1 is 1.14 bits per heavy atom. The van der Waals surface area contributed by atoms with E-state index in [9.17, 15) is 13.2 Å². The molecule has 1 saturated heterocycles. The SMILES string of the molecule is C=CCONC(=CCN1CCC(NC(=O)C(CC)c2ccc(S(C)(=O)=O)cc2)CC1)c1ccccc1. The molecule has 1 atom stereocenters. The van der Waals surface area contributed by atoms with Crippen molar-refractivity contribution in [3.05, 3.63) is 84.5 Å². The minimum absolute atomic E-state index is 0.00196. The van der Waals surface area contributed by atoms with Crippen LogP contribution in [0.15, 0.2) is 78.2 Å². The highest BCUT2D eigenvalue weighted by atomic mass is 32.2. The van der Waals surface area contributed by atoms with Crippen molar-refractivity contribution in [1.29, 1.82) is 0 Å². The fraction of sp³-hybridized carbons (Fsp3) is 0.393. The molecule has 1 amide bonds. The number of piperidine rings is 1. The summed E-state index contributed by atoms with van der Waals surface area (Å²) in [4.78, 5) is 21.1. The molecule has 1 aliphatic heterocycles. The summed E-state index contributed by atoms with van der Waals surface area (Å²) in [6.07, 6.45) is 7.42. The third kappa shape index (κ3) is 8.05. The Bertz CT molecular complexity index is 1120. The highest BCUT2D eigenvalue weighted by Gasteiger charge is 2.25. The number of hydrogen-bond donors (Lipinski definition) is 2. The maximum atomic E-state index is 13.0. The smallest absolute Gasteiger partial charge is 0.227 e. The number of likely N-dealkylation sites (tertiary alicyclic amines) is 1. The number of hydroxylamine groups is 1. The van der Waals surface area contributed by atoms with Gasteiger partial charge in [-0.25, -0.2) is 8.42 Å². The van der Waals surface area contributed by atoms with Gasteiger partial charge in [0.05, 0.1) is 23.1 Å². The van der Waals surface area contributed by atoms with Crippen LogP contribution in [0.25, 0.3) is 5.70 Å². The maximum Gasteiger partial charge on any atom is 0.227 e. The topological polar surface area (TPSA) is 87.7 Å². The Hall–Kier alpha value is -2.94. The number of amides is 1. The Labute approximate surface area is 215 Å². The van der Waals surface area contributed by atoms with Gasteiger partial charge in [0.25, 0.3) is 0 Å². The standard InChI is InChI=1S/C28H37N3O4S/c1-4-21-35-30-27(23-9-7-6-8-10-23)17-20-31-18-15-24(16-19-31)29-28(32)26(5-2)22-11-13-25(14-12-22)36(3,33)34/h4,6-14,17,24,26,30H,1,5,15-16,18-21H2,2-3H3,(H,29,32). The van der Waals surface area contributed by atoms with Crippen LogP contribution >= 0.6 is 0 Å². The summed E-state index contributed by atoms with van der Waals surface area (Å²) >= 11 is 0. The van der Waals surface area contributed by atoms with Crippen molar-refractivity contribution in [2.75, 3.05) is 32.5 Å². The van der Waals surface area contributed by atoms with E-state index in [2.05, 4.69) is 28.4 Å². The molecule has 0 aromatic heterocycles. The van der Waals surface area contributed by atoms with Crippen LogP contribution in [0.5, 0.6) is 0 Å². The zero-order valence-electron chi connectivity index (χ0n) is 21.2. The van der Waals surface area contributed by atoms with Gasteiger partial charge in [0, 0.05) is 31.9 Å². The Balaban J connectivity index is 1.53. The lowest BCUT2D eigenvalue weighted by molar-refractivity contribution is -0.123. The van der Waals surface area contributed by atoms with Gasteiger partial charge in [-0.3, -0.25) is 20.0 Å². The molecule has 194 valence electrons. The van der Waals surface area contributed by atoms with Gasteiger partial charge in [0.2, 0.25) is 5.91 Å². The molecular formula is C28H37N3O4S. The monoisotopic (exact) mass is 511 g/mol. The summed E-state index contributed by atoms with van der Waals surface area (Å²) in [6, 6.07) is 16.8. The minimum Gasteiger partial charge on any atom is -0.353 e. The number of carbonyl (C=O) groups excluding carboxylic acids is 1. The molecule has 2 N–H and O–H groups in total. The van der Waals surface area contributed by atoms with Gasteiger partial charge in [-0.1, -0.05) is 55.5 Å². The van der Waals surface area contributed by atoms with Crippen LogP contribution in [0.3, 0.4) is 0 Å². The van der Waals surface area contributed by atoms with Crippen molar-refractivity contribution in [3.8, 4) is 0 Å². The van der Waals surface area contributed by atoms with Gasteiger partial charge >= 0.3 is 0 Å². The molecule has 0 bridgehead atoms. The first kappa shape index (κ1) is 27.6. The molecule has 2 aromatic rings. The van der Waals surface area contributed by atoms with E-state index in [-0.39, 0.29) is 22.8 Å². The van der Waals surface area contributed by atoms with Crippen LogP contribution in [-0.2, 0) is 19.5 Å². The first-order valence-corrected chi connectivity index (χ1v) is 14.3. The molecule has 0 spiro atoms. The van der Waals surface area contributed by atoms with Gasteiger partial charge in [-0.15, -0.1) is 6.58 Å². The Kier molecular flexibility index (Phi) is 10.3. The molecule has 8 heteroatoms. The fourth-order valence-electron chi connectivity index (χ4n) is 4.32. The first-order chi connectivity index (χ1) is 17.3. The van der Waals surface area contributed by atoms with E-state index in [1.807, 2.05) is 37.3 Å². The average Bonchev–Trinajstić information content (AvgIpc) is 2.88. The van der Waals surface area contributed by atoms with Crippen molar-refractivity contribution >= 4 is 21.4 Å². The Morgan fingerprint density at radius 3 is 2.39 bits per heavy atom. The highest BCUT2D eigenvalue weighted by Crippen LogP contribution is 2.23. The molecule has 1 aliphatic rings. The van der Waals surface area contributed by atoms with E-state index in [0.717, 1.165) is 49.3 Å². The summed E-state index contributed by atoms with van der Waals surface area (Å²) < 4.78 is 23.4. The van der Waals surface area contributed by atoms with Crippen molar-refractivity contribution in [2.45, 2.75) is 43.0 Å².